The quantitative estimate of drug-likeness (QED) is 0.582. The molecule has 5 nitrogen and oxygen atoms in total. The Morgan fingerprint density at radius 2 is 1.96 bits per heavy atom. The highest BCUT2D eigenvalue weighted by Gasteiger charge is 2.35. The summed E-state index contributed by atoms with van der Waals surface area (Å²) in [7, 11) is 0. The lowest BCUT2D eigenvalue weighted by atomic mass is 10.2. The summed E-state index contributed by atoms with van der Waals surface area (Å²) >= 11 is 16.6. The molecule has 9 heteroatoms. The van der Waals surface area contributed by atoms with Crippen LogP contribution >= 0.6 is 50.9 Å². The Morgan fingerprint density at radius 1 is 1.25 bits per heavy atom. The number of hydrogen-bond donors (Lipinski definition) is 1. The van der Waals surface area contributed by atoms with Gasteiger partial charge in [0, 0.05) is 23.1 Å². The number of amides is 2. The summed E-state index contributed by atoms with van der Waals surface area (Å²) < 4.78 is 0.919. The molecular formula is C19H16BrCl2N3O2S. The van der Waals surface area contributed by atoms with E-state index in [9.17, 15) is 9.59 Å². The number of nitrogens with one attached hydrogen (secondary N) is 1. The maximum atomic E-state index is 12.7. The summed E-state index contributed by atoms with van der Waals surface area (Å²) in [5.74, 6) is -0.380. The minimum atomic E-state index is -0.569. The van der Waals surface area contributed by atoms with Gasteiger partial charge in [-0.1, -0.05) is 50.9 Å². The van der Waals surface area contributed by atoms with Gasteiger partial charge in [-0.3, -0.25) is 14.5 Å². The third-order valence-corrected chi connectivity index (χ3v) is 6.44. The molecule has 1 saturated heterocycles. The Morgan fingerprint density at radius 3 is 2.61 bits per heavy atom. The molecule has 1 fully saturated rings. The van der Waals surface area contributed by atoms with Crippen LogP contribution in [0, 0.1) is 0 Å². The number of nitrogens with zero attached hydrogens (tertiary/aromatic N) is 2. The van der Waals surface area contributed by atoms with Crippen LogP contribution in [0.1, 0.15) is 13.3 Å². The highest BCUT2D eigenvalue weighted by Crippen LogP contribution is 2.32. The number of thioether (sulfide) groups is 1. The lowest BCUT2D eigenvalue weighted by Crippen LogP contribution is -2.45. The summed E-state index contributed by atoms with van der Waals surface area (Å²) in [6, 6.07) is 12.2. The van der Waals surface area contributed by atoms with E-state index in [1.165, 1.54) is 11.8 Å². The van der Waals surface area contributed by atoms with Crippen LogP contribution in [-0.2, 0) is 9.59 Å². The van der Waals surface area contributed by atoms with E-state index in [1.807, 2.05) is 19.1 Å². The Balaban J connectivity index is 1.82. The van der Waals surface area contributed by atoms with Crippen LogP contribution in [0.2, 0.25) is 10.0 Å². The Labute approximate surface area is 185 Å². The molecule has 146 valence electrons. The van der Waals surface area contributed by atoms with Gasteiger partial charge in [-0.15, -0.1) is 0 Å². The highest BCUT2D eigenvalue weighted by atomic mass is 79.9. The molecule has 1 atom stereocenters. The molecule has 0 spiro atoms. The van der Waals surface area contributed by atoms with Crippen molar-refractivity contribution >= 4 is 79.3 Å². The van der Waals surface area contributed by atoms with Crippen molar-refractivity contribution in [2.45, 2.75) is 18.6 Å². The van der Waals surface area contributed by atoms with Crippen molar-refractivity contribution in [2.24, 2.45) is 4.99 Å². The molecule has 2 amide bonds. The van der Waals surface area contributed by atoms with E-state index in [1.54, 1.807) is 35.2 Å². The number of anilines is 1. The molecular weight excluding hydrogens is 485 g/mol. The van der Waals surface area contributed by atoms with Crippen molar-refractivity contribution in [3.8, 4) is 0 Å². The highest BCUT2D eigenvalue weighted by molar-refractivity contribution is 9.10. The molecule has 0 aromatic heterocycles. The molecule has 2 aromatic rings. The number of carbonyl (C=O) groups is 2. The molecule has 0 aliphatic carbocycles. The molecule has 3 rings (SSSR count). The fourth-order valence-electron chi connectivity index (χ4n) is 2.57. The van der Waals surface area contributed by atoms with Gasteiger partial charge in [-0.25, -0.2) is 4.99 Å². The maximum Gasteiger partial charge on any atom is 0.238 e. The summed E-state index contributed by atoms with van der Waals surface area (Å²) in [5, 5.41) is 3.55. The smallest absolute Gasteiger partial charge is 0.238 e. The number of carbonyl (C=O) groups excluding carboxylic acids is 2. The van der Waals surface area contributed by atoms with E-state index in [2.05, 4.69) is 26.2 Å². The Kier molecular flexibility index (Phi) is 7.04. The monoisotopic (exact) mass is 499 g/mol. The maximum absolute atomic E-state index is 12.7. The first-order valence-corrected chi connectivity index (χ1v) is 10.9. The van der Waals surface area contributed by atoms with Gasteiger partial charge in [-0.05, 0) is 49.4 Å². The van der Waals surface area contributed by atoms with Crippen LogP contribution in [-0.4, -0.2) is 33.7 Å². The van der Waals surface area contributed by atoms with Gasteiger partial charge in [0.25, 0.3) is 0 Å². The van der Waals surface area contributed by atoms with Gasteiger partial charge in [0.15, 0.2) is 5.17 Å². The Hall–Kier alpha value is -1.54. The van der Waals surface area contributed by atoms with Crippen LogP contribution in [0.15, 0.2) is 51.9 Å². The molecule has 28 heavy (non-hydrogen) atoms. The van der Waals surface area contributed by atoms with Gasteiger partial charge in [-0.2, -0.15) is 0 Å². The molecule has 1 aliphatic heterocycles. The number of benzene rings is 2. The topological polar surface area (TPSA) is 61.8 Å². The van der Waals surface area contributed by atoms with Gasteiger partial charge in [0.2, 0.25) is 11.8 Å². The lowest BCUT2D eigenvalue weighted by molar-refractivity contribution is -0.129. The fraction of sp³-hybridized carbons (Fsp3) is 0.211. The molecule has 1 unspecified atom stereocenters. The van der Waals surface area contributed by atoms with E-state index in [-0.39, 0.29) is 18.2 Å². The van der Waals surface area contributed by atoms with Crippen molar-refractivity contribution in [2.75, 3.05) is 11.9 Å². The number of aliphatic imine (C=N–C) groups is 1. The van der Waals surface area contributed by atoms with Crippen molar-refractivity contribution in [3.05, 3.63) is 57.0 Å². The third-order valence-electron chi connectivity index (χ3n) is 3.99. The van der Waals surface area contributed by atoms with E-state index in [0.717, 1.165) is 4.47 Å². The van der Waals surface area contributed by atoms with Crippen LogP contribution in [0.3, 0.4) is 0 Å². The second kappa shape index (κ2) is 9.31. The van der Waals surface area contributed by atoms with Crippen molar-refractivity contribution in [1.82, 2.24) is 4.90 Å². The summed E-state index contributed by atoms with van der Waals surface area (Å²) in [4.78, 5) is 31.3. The minimum absolute atomic E-state index is 0.112. The van der Waals surface area contributed by atoms with Crippen LogP contribution in [0.25, 0.3) is 0 Å². The molecule has 0 radical (unpaired) electrons. The molecule has 1 aliphatic rings. The third kappa shape index (κ3) is 5.08. The second-order valence-corrected chi connectivity index (χ2v) is 8.84. The average molecular weight is 501 g/mol. The van der Waals surface area contributed by atoms with E-state index < -0.39 is 5.25 Å². The predicted molar refractivity (Wildman–Crippen MR) is 120 cm³/mol. The number of rotatable bonds is 4. The molecule has 0 saturated carbocycles. The van der Waals surface area contributed by atoms with E-state index >= 15 is 0 Å². The molecule has 2 aromatic carbocycles. The second-order valence-electron chi connectivity index (χ2n) is 5.94. The van der Waals surface area contributed by atoms with Gasteiger partial charge in [0.05, 0.1) is 15.7 Å². The fourth-order valence-corrected chi connectivity index (χ4v) is 4.29. The average Bonchev–Trinajstić information content (AvgIpc) is 2.66. The number of hydrogen-bond acceptors (Lipinski definition) is 4. The zero-order valence-corrected chi connectivity index (χ0v) is 18.7. The zero-order valence-electron chi connectivity index (χ0n) is 14.8. The predicted octanol–water partition coefficient (Wildman–Crippen LogP) is 5.74. The van der Waals surface area contributed by atoms with Crippen molar-refractivity contribution < 1.29 is 9.59 Å². The zero-order chi connectivity index (χ0) is 20.3. The largest absolute Gasteiger partial charge is 0.325 e. The number of amidine groups is 1. The number of halogens is 3. The standard InChI is InChI=1S/C19H16BrCl2N3O2S/c1-2-25-17(26)10-16(18(27)23-12-5-3-11(20)4-6-12)28-19(25)24-13-7-8-14(21)15(22)9-13/h3-9,16H,2,10H2,1H3,(H,23,27). The molecule has 0 bridgehead atoms. The normalized spacial score (nSPS) is 18.4. The summed E-state index contributed by atoms with van der Waals surface area (Å²) in [5.41, 5.74) is 1.24. The van der Waals surface area contributed by atoms with Crippen LogP contribution in [0.5, 0.6) is 0 Å². The molecule has 1 heterocycles. The van der Waals surface area contributed by atoms with E-state index in [0.29, 0.717) is 33.1 Å². The lowest BCUT2D eigenvalue weighted by Gasteiger charge is -2.30. The summed E-state index contributed by atoms with van der Waals surface area (Å²) in [6.45, 7) is 2.33. The first-order chi connectivity index (χ1) is 13.4. The van der Waals surface area contributed by atoms with Crippen molar-refractivity contribution in [1.29, 1.82) is 0 Å². The van der Waals surface area contributed by atoms with Crippen LogP contribution in [0.4, 0.5) is 11.4 Å². The minimum Gasteiger partial charge on any atom is -0.325 e. The van der Waals surface area contributed by atoms with Crippen molar-refractivity contribution in [3.63, 3.8) is 0 Å². The van der Waals surface area contributed by atoms with E-state index in [4.69, 9.17) is 23.2 Å². The van der Waals surface area contributed by atoms with Crippen LogP contribution < -0.4 is 5.32 Å². The molecule has 1 N–H and O–H groups in total. The van der Waals surface area contributed by atoms with Gasteiger partial charge in [0.1, 0.15) is 5.25 Å². The van der Waals surface area contributed by atoms with Gasteiger partial charge >= 0.3 is 0 Å². The van der Waals surface area contributed by atoms with Gasteiger partial charge < -0.3 is 5.32 Å². The first kappa shape index (κ1) is 21.2. The first-order valence-electron chi connectivity index (χ1n) is 8.44. The summed E-state index contributed by atoms with van der Waals surface area (Å²) in [6.07, 6.45) is 0.112. The Bertz CT molecular complexity index is 937. The SMILES string of the molecule is CCN1C(=O)CC(C(=O)Nc2ccc(Br)cc2)SC1=Nc1ccc(Cl)c(Cl)c1.